The fourth-order valence-corrected chi connectivity index (χ4v) is 2.52. The van der Waals surface area contributed by atoms with Crippen LogP contribution in [0.5, 0.6) is 0 Å². The first-order valence-corrected chi connectivity index (χ1v) is 8.35. The van der Waals surface area contributed by atoms with Gasteiger partial charge in [0.15, 0.2) is 5.82 Å². The van der Waals surface area contributed by atoms with Gasteiger partial charge >= 0.3 is 0 Å². The first-order chi connectivity index (χ1) is 13.6. The van der Waals surface area contributed by atoms with Gasteiger partial charge in [-0.2, -0.15) is 15.1 Å². The molecule has 0 unspecified atom stereocenters. The number of nitrogens with zero attached hydrogens (tertiary/aromatic N) is 5. The zero-order valence-electron chi connectivity index (χ0n) is 14.7. The highest BCUT2D eigenvalue weighted by molar-refractivity contribution is 6.02. The zero-order chi connectivity index (χ0) is 19.5. The summed E-state index contributed by atoms with van der Waals surface area (Å²) in [5.41, 5.74) is 2.00. The van der Waals surface area contributed by atoms with E-state index in [2.05, 4.69) is 35.5 Å². The maximum atomic E-state index is 13.1. The number of aromatic nitrogens is 6. The minimum atomic E-state index is -0.460. The summed E-state index contributed by atoms with van der Waals surface area (Å²) in [4.78, 5) is 29.4. The molecule has 3 heterocycles. The Morgan fingerprint density at radius 2 is 1.86 bits per heavy atom. The number of hydrogen-bond acceptors (Lipinski definition) is 6. The second kappa shape index (κ2) is 7.31. The summed E-state index contributed by atoms with van der Waals surface area (Å²) in [7, 11) is 0. The maximum Gasteiger partial charge on any atom is 0.276 e. The van der Waals surface area contributed by atoms with Crippen molar-refractivity contribution >= 4 is 11.9 Å². The number of amides is 1. The standard InChI is InChI=1S/C19H14FN7O/c1-11-22-17(14-4-2-3-9-21-14)24-19(23-11)25-18(28)16-10-15(26-27-16)12-5-7-13(20)8-6-12/h2-10H,1H3,(H,26,27)(H,22,23,24,25,28). The summed E-state index contributed by atoms with van der Waals surface area (Å²) in [5, 5.41) is 9.37. The van der Waals surface area contributed by atoms with Crippen LogP contribution in [0.25, 0.3) is 22.8 Å². The smallest absolute Gasteiger partial charge is 0.276 e. The highest BCUT2D eigenvalue weighted by Gasteiger charge is 2.14. The van der Waals surface area contributed by atoms with E-state index in [0.29, 0.717) is 28.6 Å². The van der Waals surface area contributed by atoms with Gasteiger partial charge in [-0.05, 0) is 49.4 Å². The van der Waals surface area contributed by atoms with Crippen molar-refractivity contribution in [2.24, 2.45) is 0 Å². The second-order valence-electron chi connectivity index (χ2n) is 5.87. The largest absolute Gasteiger partial charge is 0.289 e. The molecular weight excluding hydrogens is 361 g/mol. The first-order valence-electron chi connectivity index (χ1n) is 8.35. The van der Waals surface area contributed by atoms with E-state index in [1.165, 1.54) is 12.1 Å². The van der Waals surface area contributed by atoms with Crippen LogP contribution in [0.3, 0.4) is 0 Å². The van der Waals surface area contributed by atoms with Crippen LogP contribution >= 0.6 is 0 Å². The van der Waals surface area contributed by atoms with Gasteiger partial charge in [0.25, 0.3) is 5.91 Å². The lowest BCUT2D eigenvalue weighted by Crippen LogP contribution is -2.16. The average molecular weight is 375 g/mol. The van der Waals surface area contributed by atoms with Crippen LogP contribution in [0, 0.1) is 12.7 Å². The molecule has 4 rings (SSSR count). The highest BCUT2D eigenvalue weighted by atomic mass is 19.1. The number of nitrogens with one attached hydrogen (secondary N) is 2. The number of rotatable bonds is 4. The van der Waals surface area contributed by atoms with Crippen molar-refractivity contribution in [3.63, 3.8) is 0 Å². The minimum Gasteiger partial charge on any atom is -0.289 e. The summed E-state index contributed by atoms with van der Waals surface area (Å²) in [6.45, 7) is 1.70. The van der Waals surface area contributed by atoms with Gasteiger partial charge in [-0.15, -0.1) is 0 Å². The lowest BCUT2D eigenvalue weighted by molar-refractivity contribution is 0.102. The van der Waals surface area contributed by atoms with Crippen LogP contribution in [0.15, 0.2) is 54.7 Å². The number of pyridine rings is 1. The Morgan fingerprint density at radius 1 is 1.04 bits per heavy atom. The summed E-state index contributed by atoms with van der Waals surface area (Å²) in [6.07, 6.45) is 1.63. The third-order valence-electron chi connectivity index (χ3n) is 3.83. The topological polar surface area (TPSA) is 109 Å². The molecule has 0 bridgehead atoms. The van der Waals surface area contributed by atoms with Gasteiger partial charge in [0.05, 0.1) is 5.69 Å². The predicted octanol–water partition coefficient (Wildman–Crippen LogP) is 3.02. The van der Waals surface area contributed by atoms with Crippen LogP contribution in [0.4, 0.5) is 10.3 Å². The van der Waals surface area contributed by atoms with Gasteiger partial charge in [0, 0.05) is 11.8 Å². The van der Waals surface area contributed by atoms with Gasteiger partial charge in [0.2, 0.25) is 5.95 Å². The minimum absolute atomic E-state index is 0.107. The van der Waals surface area contributed by atoms with Crippen LogP contribution in [0.1, 0.15) is 16.3 Å². The Balaban J connectivity index is 1.56. The Hall–Kier alpha value is -4.01. The molecule has 28 heavy (non-hydrogen) atoms. The number of carbonyl (C=O) groups is 1. The molecule has 138 valence electrons. The van der Waals surface area contributed by atoms with Crippen LogP contribution in [-0.4, -0.2) is 36.0 Å². The molecule has 3 aromatic heterocycles. The summed E-state index contributed by atoms with van der Waals surface area (Å²) < 4.78 is 13.1. The third-order valence-corrected chi connectivity index (χ3v) is 3.83. The van der Waals surface area contributed by atoms with E-state index in [0.717, 1.165) is 0 Å². The monoisotopic (exact) mass is 375 g/mol. The molecule has 0 aliphatic rings. The van der Waals surface area contributed by atoms with Crippen molar-refractivity contribution < 1.29 is 9.18 Å². The van der Waals surface area contributed by atoms with E-state index in [9.17, 15) is 9.18 Å². The van der Waals surface area contributed by atoms with Gasteiger partial charge in [-0.25, -0.2) is 9.37 Å². The Morgan fingerprint density at radius 3 is 2.61 bits per heavy atom. The SMILES string of the molecule is Cc1nc(NC(=O)c2cc(-c3ccc(F)cc3)n[nH]2)nc(-c2ccccn2)n1. The molecule has 0 fully saturated rings. The average Bonchev–Trinajstić information content (AvgIpc) is 3.19. The number of aryl methyl sites for hydroxylation is 1. The Kier molecular flexibility index (Phi) is 4.55. The van der Waals surface area contributed by atoms with Crippen molar-refractivity contribution in [2.75, 3.05) is 5.32 Å². The van der Waals surface area contributed by atoms with Gasteiger partial charge in [-0.3, -0.25) is 20.2 Å². The highest BCUT2D eigenvalue weighted by Crippen LogP contribution is 2.19. The van der Waals surface area contributed by atoms with Crippen molar-refractivity contribution in [2.45, 2.75) is 6.92 Å². The zero-order valence-corrected chi connectivity index (χ0v) is 14.7. The van der Waals surface area contributed by atoms with Crippen molar-refractivity contribution in [1.82, 2.24) is 30.1 Å². The van der Waals surface area contributed by atoms with Crippen LogP contribution in [0.2, 0.25) is 0 Å². The molecule has 0 aliphatic carbocycles. The van der Waals surface area contributed by atoms with E-state index >= 15 is 0 Å². The van der Waals surface area contributed by atoms with E-state index in [1.807, 2.05) is 6.07 Å². The number of halogens is 1. The normalized spacial score (nSPS) is 10.6. The molecule has 1 amide bonds. The lowest BCUT2D eigenvalue weighted by Gasteiger charge is -2.05. The quantitative estimate of drug-likeness (QED) is 0.567. The number of carbonyl (C=O) groups excluding carboxylic acids is 1. The molecule has 0 aliphatic heterocycles. The molecular formula is C19H14FN7O. The molecule has 4 aromatic rings. The molecule has 0 atom stereocenters. The molecule has 2 N–H and O–H groups in total. The fourth-order valence-electron chi connectivity index (χ4n) is 2.52. The van der Waals surface area contributed by atoms with E-state index in [1.54, 1.807) is 43.5 Å². The maximum absolute atomic E-state index is 13.1. The number of H-pyrrole nitrogens is 1. The summed E-state index contributed by atoms with van der Waals surface area (Å²) >= 11 is 0. The van der Waals surface area contributed by atoms with Gasteiger partial charge < -0.3 is 0 Å². The Bertz CT molecular complexity index is 1130. The number of hydrogen-bond donors (Lipinski definition) is 2. The molecule has 0 radical (unpaired) electrons. The molecule has 9 heteroatoms. The van der Waals surface area contributed by atoms with Crippen molar-refractivity contribution in [3.8, 4) is 22.8 Å². The predicted molar refractivity (Wildman–Crippen MR) is 99.7 cm³/mol. The first kappa shape index (κ1) is 17.4. The Labute approximate surface area is 158 Å². The second-order valence-corrected chi connectivity index (χ2v) is 5.87. The lowest BCUT2D eigenvalue weighted by atomic mass is 10.1. The summed E-state index contributed by atoms with van der Waals surface area (Å²) in [6, 6.07) is 12.8. The fraction of sp³-hybridized carbons (Fsp3) is 0.0526. The van der Waals surface area contributed by atoms with Crippen LogP contribution in [-0.2, 0) is 0 Å². The molecule has 0 spiro atoms. The summed E-state index contributed by atoms with van der Waals surface area (Å²) in [5.74, 6) is 0.114. The molecule has 0 saturated carbocycles. The number of aromatic amines is 1. The third kappa shape index (κ3) is 3.73. The van der Waals surface area contributed by atoms with Crippen molar-refractivity contribution in [3.05, 3.63) is 72.1 Å². The number of benzene rings is 1. The molecule has 8 nitrogen and oxygen atoms in total. The van der Waals surface area contributed by atoms with Crippen LogP contribution < -0.4 is 5.32 Å². The van der Waals surface area contributed by atoms with E-state index in [4.69, 9.17) is 0 Å². The van der Waals surface area contributed by atoms with E-state index < -0.39 is 5.91 Å². The molecule has 0 saturated heterocycles. The van der Waals surface area contributed by atoms with Crippen molar-refractivity contribution in [1.29, 1.82) is 0 Å². The molecule has 1 aromatic carbocycles. The van der Waals surface area contributed by atoms with Gasteiger partial charge in [0.1, 0.15) is 23.0 Å². The van der Waals surface area contributed by atoms with E-state index in [-0.39, 0.29) is 17.5 Å². The number of anilines is 1. The van der Waals surface area contributed by atoms with Gasteiger partial charge in [-0.1, -0.05) is 6.07 Å².